The summed E-state index contributed by atoms with van der Waals surface area (Å²) in [6, 6.07) is 15.1. The van der Waals surface area contributed by atoms with Gasteiger partial charge in [-0.2, -0.15) is 0 Å². The molecule has 0 radical (unpaired) electrons. The van der Waals surface area contributed by atoms with Crippen LogP contribution >= 0.6 is 0 Å². The van der Waals surface area contributed by atoms with Crippen molar-refractivity contribution in [2.45, 2.75) is 6.42 Å². The highest BCUT2D eigenvalue weighted by Crippen LogP contribution is 2.27. The van der Waals surface area contributed by atoms with Gasteiger partial charge in [-0.25, -0.2) is 0 Å². The molecule has 0 aromatic heterocycles. The Hall–Kier alpha value is -2.82. The van der Waals surface area contributed by atoms with Crippen molar-refractivity contribution < 1.29 is 9.59 Å². The smallest absolute Gasteiger partial charge is 0.316 e. The topological polar surface area (TPSA) is 52.7 Å². The van der Waals surface area contributed by atoms with Crippen molar-refractivity contribution in [3.05, 3.63) is 54.1 Å². The number of hydrogen-bond donors (Lipinski definition) is 1. The quantitative estimate of drug-likeness (QED) is 0.866. The maximum absolute atomic E-state index is 12.4. The Morgan fingerprint density at radius 1 is 1.04 bits per heavy atom. The molecule has 2 amide bonds. The molecule has 5 heteroatoms. The van der Waals surface area contributed by atoms with Gasteiger partial charge in [0.15, 0.2) is 0 Å². The van der Waals surface area contributed by atoms with Crippen LogP contribution in [-0.2, 0) is 16.0 Å². The lowest BCUT2D eigenvalue weighted by atomic mass is 10.2. The van der Waals surface area contributed by atoms with Crippen molar-refractivity contribution in [2.75, 3.05) is 35.8 Å². The molecule has 5 nitrogen and oxygen atoms in total. The summed E-state index contributed by atoms with van der Waals surface area (Å²) in [5.41, 5.74) is 3.57. The Morgan fingerprint density at radius 2 is 1.74 bits per heavy atom. The van der Waals surface area contributed by atoms with Crippen LogP contribution in [0.4, 0.5) is 17.1 Å². The first-order valence-electron chi connectivity index (χ1n) is 7.54. The molecule has 0 bridgehead atoms. The minimum atomic E-state index is -0.612. The molecule has 0 atom stereocenters. The third-order valence-electron chi connectivity index (χ3n) is 3.97. The van der Waals surface area contributed by atoms with Gasteiger partial charge in [-0.05, 0) is 42.3 Å². The molecule has 1 aliphatic rings. The van der Waals surface area contributed by atoms with E-state index in [0.717, 1.165) is 23.4 Å². The van der Waals surface area contributed by atoms with Crippen LogP contribution in [0.5, 0.6) is 0 Å². The average molecular weight is 309 g/mol. The SMILES string of the molecule is CN(C)c1ccc(NC(=O)C(=O)N2CCc3ccccc32)cc1. The Balaban J connectivity index is 1.70. The van der Waals surface area contributed by atoms with Crippen LogP contribution in [-0.4, -0.2) is 32.5 Å². The molecule has 1 aliphatic heterocycles. The lowest BCUT2D eigenvalue weighted by Gasteiger charge is -2.17. The Labute approximate surface area is 135 Å². The number of hydrogen-bond acceptors (Lipinski definition) is 3. The van der Waals surface area contributed by atoms with Crippen molar-refractivity contribution >= 4 is 28.9 Å². The minimum Gasteiger partial charge on any atom is -0.378 e. The fourth-order valence-corrected chi connectivity index (χ4v) is 2.70. The van der Waals surface area contributed by atoms with Crippen LogP contribution < -0.4 is 15.1 Å². The second-order valence-corrected chi connectivity index (χ2v) is 5.73. The van der Waals surface area contributed by atoms with Gasteiger partial charge in [0.05, 0.1) is 0 Å². The number of para-hydroxylation sites is 1. The van der Waals surface area contributed by atoms with E-state index in [1.807, 2.05) is 55.4 Å². The molecule has 2 aromatic carbocycles. The molecular formula is C18H19N3O2. The van der Waals surface area contributed by atoms with E-state index in [1.165, 1.54) is 0 Å². The standard InChI is InChI=1S/C18H19N3O2/c1-20(2)15-9-7-14(8-10-15)19-17(22)18(23)21-12-11-13-5-3-4-6-16(13)21/h3-10H,11-12H2,1-2H3,(H,19,22). The second-order valence-electron chi connectivity index (χ2n) is 5.73. The summed E-state index contributed by atoms with van der Waals surface area (Å²) in [4.78, 5) is 28.1. The van der Waals surface area contributed by atoms with Crippen LogP contribution in [0.2, 0.25) is 0 Å². The largest absolute Gasteiger partial charge is 0.378 e. The average Bonchev–Trinajstić information content (AvgIpc) is 2.98. The summed E-state index contributed by atoms with van der Waals surface area (Å²) in [7, 11) is 3.89. The third-order valence-corrected chi connectivity index (χ3v) is 3.97. The molecule has 0 spiro atoms. The van der Waals surface area contributed by atoms with Crippen LogP contribution in [0.15, 0.2) is 48.5 Å². The molecule has 118 valence electrons. The highest BCUT2D eigenvalue weighted by Gasteiger charge is 2.28. The lowest BCUT2D eigenvalue weighted by Crippen LogP contribution is -2.38. The van der Waals surface area contributed by atoms with Gasteiger partial charge in [0, 0.05) is 37.7 Å². The van der Waals surface area contributed by atoms with E-state index in [9.17, 15) is 9.59 Å². The molecule has 0 saturated carbocycles. The highest BCUT2D eigenvalue weighted by molar-refractivity contribution is 6.44. The zero-order valence-electron chi connectivity index (χ0n) is 13.2. The summed E-state index contributed by atoms with van der Waals surface area (Å²) in [5.74, 6) is -1.13. The molecule has 1 N–H and O–H groups in total. The number of carbonyl (C=O) groups is 2. The highest BCUT2D eigenvalue weighted by atomic mass is 16.2. The Kier molecular flexibility index (Phi) is 4.02. The van der Waals surface area contributed by atoms with Crippen molar-refractivity contribution in [2.24, 2.45) is 0 Å². The number of fused-ring (bicyclic) bond motifs is 1. The van der Waals surface area contributed by atoms with Gasteiger partial charge in [0.1, 0.15) is 0 Å². The molecule has 1 heterocycles. The second kappa shape index (κ2) is 6.12. The van der Waals surface area contributed by atoms with Gasteiger partial charge in [0.25, 0.3) is 0 Å². The number of carbonyl (C=O) groups excluding carboxylic acids is 2. The molecule has 3 rings (SSSR count). The molecule has 23 heavy (non-hydrogen) atoms. The van der Waals surface area contributed by atoms with Crippen molar-refractivity contribution in [1.29, 1.82) is 0 Å². The number of nitrogens with zero attached hydrogens (tertiary/aromatic N) is 2. The maximum atomic E-state index is 12.4. The number of anilines is 3. The number of amides is 2. The number of benzene rings is 2. The van der Waals surface area contributed by atoms with E-state index < -0.39 is 11.8 Å². The van der Waals surface area contributed by atoms with Crippen molar-refractivity contribution in [3.8, 4) is 0 Å². The van der Waals surface area contributed by atoms with Gasteiger partial charge < -0.3 is 15.1 Å². The van der Waals surface area contributed by atoms with Gasteiger partial charge >= 0.3 is 11.8 Å². The van der Waals surface area contributed by atoms with Crippen molar-refractivity contribution in [3.63, 3.8) is 0 Å². The minimum absolute atomic E-state index is 0.522. The molecular weight excluding hydrogens is 290 g/mol. The zero-order chi connectivity index (χ0) is 16.4. The normalized spacial score (nSPS) is 12.7. The Morgan fingerprint density at radius 3 is 2.43 bits per heavy atom. The van der Waals surface area contributed by atoms with Gasteiger partial charge in [0.2, 0.25) is 0 Å². The summed E-state index contributed by atoms with van der Waals surface area (Å²) >= 11 is 0. The fraction of sp³-hybridized carbons (Fsp3) is 0.222. The summed E-state index contributed by atoms with van der Waals surface area (Å²) in [6.07, 6.45) is 0.784. The van der Waals surface area contributed by atoms with E-state index in [0.29, 0.717) is 12.2 Å². The van der Waals surface area contributed by atoms with Gasteiger partial charge in [-0.15, -0.1) is 0 Å². The third kappa shape index (κ3) is 3.04. The molecule has 0 fully saturated rings. The summed E-state index contributed by atoms with van der Waals surface area (Å²) < 4.78 is 0. The van der Waals surface area contributed by atoms with Gasteiger partial charge in [-0.3, -0.25) is 9.59 Å². The maximum Gasteiger partial charge on any atom is 0.316 e. The first-order valence-corrected chi connectivity index (χ1v) is 7.54. The van der Waals surface area contributed by atoms with Crippen LogP contribution in [0.3, 0.4) is 0 Å². The number of nitrogens with one attached hydrogen (secondary N) is 1. The molecule has 0 saturated heterocycles. The molecule has 2 aromatic rings. The van der Waals surface area contributed by atoms with Gasteiger partial charge in [-0.1, -0.05) is 18.2 Å². The predicted octanol–water partition coefficient (Wildman–Crippen LogP) is 2.28. The summed E-state index contributed by atoms with van der Waals surface area (Å²) in [6.45, 7) is 0.547. The molecule has 0 aliphatic carbocycles. The van der Waals surface area contributed by atoms with E-state index in [4.69, 9.17) is 0 Å². The lowest BCUT2D eigenvalue weighted by molar-refractivity contribution is -0.134. The Bertz CT molecular complexity index is 738. The van der Waals surface area contributed by atoms with Crippen LogP contribution in [0.1, 0.15) is 5.56 Å². The van der Waals surface area contributed by atoms with E-state index in [-0.39, 0.29) is 0 Å². The van der Waals surface area contributed by atoms with E-state index >= 15 is 0 Å². The van der Waals surface area contributed by atoms with E-state index in [1.54, 1.807) is 17.0 Å². The monoisotopic (exact) mass is 309 g/mol. The van der Waals surface area contributed by atoms with Crippen LogP contribution in [0.25, 0.3) is 0 Å². The molecule has 0 unspecified atom stereocenters. The van der Waals surface area contributed by atoms with Crippen molar-refractivity contribution in [1.82, 2.24) is 0 Å². The first kappa shape index (κ1) is 15.1. The predicted molar refractivity (Wildman–Crippen MR) is 91.9 cm³/mol. The first-order chi connectivity index (χ1) is 11.1. The van der Waals surface area contributed by atoms with E-state index in [2.05, 4.69) is 5.32 Å². The zero-order valence-corrected chi connectivity index (χ0v) is 13.2. The fourth-order valence-electron chi connectivity index (χ4n) is 2.70. The van der Waals surface area contributed by atoms with Crippen LogP contribution in [0, 0.1) is 0 Å². The summed E-state index contributed by atoms with van der Waals surface area (Å²) in [5, 5.41) is 2.67. The number of rotatable bonds is 2.